The van der Waals surface area contributed by atoms with Crippen LogP contribution in [0.25, 0.3) is 11.1 Å². The first kappa shape index (κ1) is 30.8. The molecule has 8 rings (SSSR count). The van der Waals surface area contributed by atoms with E-state index in [-0.39, 0.29) is 35.6 Å². The number of fused-ring (bicyclic) bond motifs is 3. The molecule has 2 aromatic carbocycles. The molecule has 6 aliphatic rings. The van der Waals surface area contributed by atoms with Crippen molar-refractivity contribution in [3.63, 3.8) is 0 Å². The van der Waals surface area contributed by atoms with Gasteiger partial charge in [0, 0.05) is 0 Å². The summed E-state index contributed by atoms with van der Waals surface area (Å²) in [7, 11) is 0. The topological polar surface area (TPSA) is 0 Å². The Labute approximate surface area is 267 Å². The second-order valence-electron chi connectivity index (χ2n) is 15.7. The number of hydrogen-bond donors (Lipinski definition) is 0. The normalized spacial score (nSPS) is 29.6. The Hall–Kier alpha value is -0.617. The van der Waals surface area contributed by atoms with Crippen LogP contribution in [0.5, 0.6) is 0 Å². The van der Waals surface area contributed by atoms with Crippen LogP contribution in [0.3, 0.4) is 0 Å². The van der Waals surface area contributed by atoms with Crippen LogP contribution >= 0.6 is 0 Å². The van der Waals surface area contributed by atoms with Crippen LogP contribution in [0.2, 0.25) is 3.63 Å². The van der Waals surface area contributed by atoms with Gasteiger partial charge in [-0.3, -0.25) is 0 Å². The van der Waals surface area contributed by atoms with Crippen LogP contribution in [0.4, 0.5) is 0 Å². The van der Waals surface area contributed by atoms with Gasteiger partial charge in [-0.05, 0) is 0 Å². The minimum Gasteiger partial charge on any atom is -1.00 e. The summed E-state index contributed by atoms with van der Waals surface area (Å²) in [6.07, 6.45) is 14.3. The summed E-state index contributed by atoms with van der Waals surface area (Å²) in [4.78, 5) is 0. The monoisotopic (exact) mass is 650 g/mol. The molecule has 4 saturated carbocycles. The predicted octanol–water partition coefficient (Wildman–Crippen LogP) is 3.32. The fourth-order valence-corrected chi connectivity index (χ4v) is 12.9. The van der Waals surface area contributed by atoms with Gasteiger partial charge in [-0.15, -0.1) is 0 Å². The van der Waals surface area contributed by atoms with Crippen LogP contribution in [0.15, 0.2) is 53.6 Å². The molecule has 0 heterocycles. The van der Waals surface area contributed by atoms with Gasteiger partial charge in [-0.1, -0.05) is 0 Å². The summed E-state index contributed by atoms with van der Waals surface area (Å²) >= 11 is -0.836. The van der Waals surface area contributed by atoms with Gasteiger partial charge in [0.2, 0.25) is 0 Å². The minimum absolute atomic E-state index is 0. The Kier molecular flexibility index (Phi) is 8.35. The standard InChI is InChI=1S/C21H25.C16H21.2ClH.Zr/c1-20(2,3)16-9-7-14-11-15-8-10-17(21(4,5)6)13-19(15)18(14)12-16;1-10-2-3-13(4-10)16-14-6-11-5-12(8-14)9-15(16)7-11;;;/h7,9-10,12-13H,11H2,1-6H3;2-4,11-12,14-16H,5-9H2,1H3;2*1H;/q;;;;+2/p-2. The van der Waals surface area contributed by atoms with E-state index in [2.05, 4.69) is 91.0 Å². The summed E-state index contributed by atoms with van der Waals surface area (Å²) < 4.78 is 2.50. The van der Waals surface area contributed by atoms with Gasteiger partial charge in [-0.2, -0.15) is 0 Å². The van der Waals surface area contributed by atoms with Gasteiger partial charge < -0.3 is 24.8 Å². The summed E-state index contributed by atoms with van der Waals surface area (Å²) in [6.45, 7) is 16.7. The molecule has 0 radical (unpaired) electrons. The van der Waals surface area contributed by atoms with Gasteiger partial charge in [0.25, 0.3) is 0 Å². The van der Waals surface area contributed by atoms with E-state index < -0.39 is 23.2 Å². The van der Waals surface area contributed by atoms with E-state index in [1.807, 2.05) is 0 Å². The Morgan fingerprint density at radius 2 is 1.32 bits per heavy atom. The predicted molar refractivity (Wildman–Crippen MR) is 158 cm³/mol. The zero-order valence-corrected chi connectivity index (χ0v) is 29.5. The smallest absolute Gasteiger partial charge is 1.00 e. The molecule has 0 amide bonds. The zero-order valence-electron chi connectivity index (χ0n) is 25.5. The molecule has 212 valence electrons. The molecule has 4 bridgehead atoms. The van der Waals surface area contributed by atoms with Gasteiger partial charge in [0.15, 0.2) is 0 Å². The van der Waals surface area contributed by atoms with Gasteiger partial charge >= 0.3 is 245 Å². The van der Waals surface area contributed by atoms with Gasteiger partial charge in [-0.25, -0.2) is 0 Å². The molecule has 2 aromatic rings. The largest absolute Gasteiger partial charge is 1.00 e. The summed E-state index contributed by atoms with van der Waals surface area (Å²) in [5, 5.41) is 0. The SMILES string of the molecule is CC1=CC(C2C3CC4CC(C3)CC2C4)=C[CH]1[Zr+2][c]1cc(C(C)(C)C)cc2c1Cc1ccc(C(C)(C)C)cc1-2.[Cl-].[Cl-]. The van der Waals surface area contributed by atoms with Gasteiger partial charge in [0.1, 0.15) is 0 Å². The quantitative estimate of drug-likeness (QED) is 0.408. The van der Waals surface area contributed by atoms with Crippen molar-refractivity contribution in [3.8, 4) is 11.1 Å². The molecule has 6 aliphatic carbocycles. The molecule has 0 saturated heterocycles. The van der Waals surface area contributed by atoms with E-state index >= 15 is 0 Å². The number of halogens is 2. The molecular formula is C37H46Cl2Zr. The fraction of sp³-hybridized carbons (Fsp3) is 0.568. The molecule has 0 aliphatic heterocycles. The van der Waals surface area contributed by atoms with E-state index in [4.69, 9.17) is 0 Å². The van der Waals surface area contributed by atoms with Crippen molar-refractivity contribution in [2.45, 2.75) is 101 Å². The zero-order chi connectivity index (χ0) is 26.6. The van der Waals surface area contributed by atoms with E-state index in [1.165, 1.54) is 42.4 Å². The second-order valence-corrected chi connectivity index (χ2v) is 19.3. The van der Waals surface area contributed by atoms with Crippen molar-refractivity contribution in [1.29, 1.82) is 0 Å². The first-order chi connectivity index (χ1) is 17.9. The number of hydrogen-bond acceptors (Lipinski definition) is 0. The molecule has 0 N–H and O–H groups in total. The summed E-state index contributed by atoms with van der Waals surface area (Å²) in [5.41, 5.74) is 13.1. The maximum absolute atomic E-state index is 2.81. The van der Waals surface area contributed by atoms with Gasteiger partial charge in [0.05, 0.1) is 0 Å². The molecule has 0 nitrogen and oxygen atoms in total. The van der Waals surface area contributed by atoms with Crippen LogP contribution < -0.4 is 28.1 Å². The van der Waals surface area contributed by atoms with Crippen molar-refractivity contribution in [1.82, 2.24) is 0 Å². The Morgan fingerprint density at radius 3 is 1.93 bits per heavy atom. The third-order valence-electron chi connectivity index (χ3n) is 10.9. The van der Waals surface area contributed by atoms with Crippen molar-refractivity contribution < 1.29 is 48.0 Å². The van der Waals surface area contributed by atoms with E-state index in [0.717, 1.165) is 39.6 Å². The summed E-state index contributed by atoms with van der Waals surface area (Å²) in [5.74, 6) is 5.00. The first-order valence-corrected chi connectivity index (χ1v) is 18.1. The van der Waals surface area contributed by atoms with Crippen molar-refractivity contribution in [3.05, 3.63) is 75.9 Å². The number of allylic oxidation sites excluding steroid dienone is 4. The van der Waals surface area contributed by atoms with Crippen LogP contribution in [0, 0.1) is 29.6 Å². The van der Waals surface area contributed by atoms with E-state index in [0.29, 0.717) is 0 Å². The molecule has 1 atom stereocenters. The Balaban J connectivity index is 0.00000161. The molecular weight excluding hydrogens is 607 g/mol. The third-order valence-corrected chi connectivity index (χ3v) is 15.1. The molecule has 3 heteroatoms. The second kappa shape index (κ2) is 10.8. The molecule has 4 fully saturated rings. The third kappa shape index (κ3) is 5.33. The summed E-state index contributed by atoms with van der Waals surface area (Å²) in [6, 6.07) is 12.6. The van der Waals surface area contributed by atoms with Crippen LogP contribution in [-0.2, 0) is 40.5 Å². The molecule has 40 heavy (non-hydrogen) atoms. The first-order valence-electron chi connectivity index (χ1n) is 15.4. The number of benzene rings is 2. The maximum atomic E-state index is 2.81. The number of rotatable bonds is 3. The minimum atomic E-state index is -0.836. The van der Waals surface area contributed by atoms with Crippen molar-refractivity contribution in [2.75, 3.05) is 0 Å². The maximum Gasteiger partial charge on any atom is -1.00 e. The average Bonchev–Trinajstić information content (AvgIpc) is 3.37. The Morgan fingerprint density at radius 1 is 0.725 bits per heavy atom. The molecule has 1 unspecified atom stereocenters. The Bertz CT molecular complexity index is 1340. The molecule has 0 aromatic heterocycles. The van der Waals surface area contributed by atoms with Crippen molar-refractivity contribution in [2.24, 2.45) is 29.6 Å². The van der Waals surface area contributed by atoms with E-state index in [1.54, 1.807) is 37.5 Å². The average molecular weight is 653 g/mol. The van der Waals surface area contributed by atoms with Crippen LogP contribution in [0.1, 0.15) is 103 Å². The van der Waals surface area contributed by atoms with Crippen molar-refractivity contribution >= 4 is 3.27 Å². The molecule has 0 spiro atoms. The van der Waals surface area contributed by atoms with E-state index in [9.17, 15) is 0 Å². The van der Waals surface area contributed by atoms with Crippen LogP contribution in [-0.4, -0.2) is 0 Å². The fourth-order valence-electron chi connectivity index (χ4n) is 9.03.